The Labute approximate surface area is 188 Å². The topological polar surface area (TPSA) is 123 Å². The van der Waals surface area contributed by atoms with Gasteiger partial charge < -0.3 is 15.2 Å². The number of hydrogen-bond acceptors (Lipinski definition) is 9. The number of thioether (sulfide) groups is 2. The van der Waals surface area contributed by atoms with Crippen LogP contribution < -0.4 is 10.5 Å². The number of nitrogens with two attached hydrogens (primary N) is 1. The minimum Gasteiger partial charge on any atom is -0.497 e. The van der Waals surface area contributed by atoms with Gasteiger partial charge in [-0.05, 0) is 35.9 Å². The fraction of sp³-hybridized carbons (Fsp3) is 0.400. The van der Waals surface area contributed by atoms with Crippen molar-refractivity contribution >= 4 is 35.4 Å². The van der Waals surface area contributed by atoms with Gasteiger partial charge in [0.15, 0.2) is 0 Å². The van der Waals surface area contributed by atoms with Crippen LogP contribution in [-0.2, 0) is 26.7 Å². The van der Waals surface area contributed by atoms with Crippen molar-refractivity contribution in [3.63, 3.8) is 0 Å². The van der Waals surface area contributed by atoms with Crippen molar-refractivity contribution in [3.8, 4) is 5.75 Å². The van der Waals surface area contributed by atoms with E-state index in [0.717, 1.165) is 34.9 Å². The molecule has 1 amide bonds. The Morgan fingerprint density at radius 1 is 1.35 bits per heavy atom. The van der Waals surface area contributed by atoms with Crippen molar-refractivity contribution in [2.75, 3.05) is 12.9 Å². The zero-order valence-corrected chi connectivity index (χ0v) is 18.5. The van der Waals surface area contributed by atoms with E-state index >= 15 is 0 Å². The molecule has 31 heavy (non-hydrogen) atoms. The van der Waals surface area contributed by atoms with Crippen molar-refractivity contribution in [3.05, 3.63) is 53.5 Å². The number of nitrogens with one attached hydrogen (secondary N) is 1. The number of methoxy groups -OCH3 is 1. The van der Waals surface area contributed by atoms with E-state index in [2.05, 4.69) is 15.4 Å². The van der Waals surface area contributed by atoms with Gasteiger partial charge in [-0.15, -0.1) is 11.8 Å². The summed E-state index contributed by atoms with van der Waals surface area (Å²) in [5, 5.41) is 10.3. The molecular weight excluding hydrogens is 438 g/mol. The number of H-pyrrole nitrogens is 1. The number of carbonyl (C=O) groups excluding carboxylic acids is 2. The number of amides is 1. The summed E-state index contributed by atoms with van der Waals surface area (Å²) in [5.41, 5.74) is 8.01. The summed E-state index contributed by atoms with van der Waals surface area (Å²) in [5.74, 6) is 1.62. The van der Waals surface area contributed by atoms with Crippen LogP contribution in [0.15, 0.2) is 42.2 Å². The highest BCUT2D eigenvalue weighted by atomic mass is 32.2. The standard InChI is InChI=1S/C20H23N5O4S2/c1-28-14-4-2-12(3-5-14)10-29-20(27)16-8-15(31-19-17(21)18(26)25(16)19)6-7-30-11-13-9-22-24-23-13/h2-5,8-9,15,17,19H,6-7,10-11,21H2,1H3,(H,22,23,24)/t15?,17-,19-/m1/s1. The summed E-state index contributed by atoms with van der Waals surface area (Å²) in [4.78, 5) is 26.5. The molecule has 0 saturated carbocycles. The van der Waals surface area contributed by atoms with Gasteiger partial charge in [0.1, 0.15) is 29.5 Å². The molecule has 3 N–H and O–H groups in total. The first-order valence-electron chi connectivity index (χ1n) is 9.75. The highest BCUT2D eigenvalue weighted by Gasteiger charge is 2.52. The van der Waals surface area contributed by atoms with Gasteiger partial charge in [0.25, 0.3) is 0 Å². The van der Waals surface area contributed by atoms with E-state index in [1.807, 2.05) is 18.2 Å². The lowest BCUT2D eigenvalue weighted by atomic mass is 10.1. The largest absolute Gasteiger partial charge is 0.497 e. The second kappa shape index (κ2) is 9.75. The Morgan fingerprint density at radius 2 is 2.16 bits per heavy atom. The number of esters is 1. The Hall–Kier alpha value is -2.50. The minimum atomic E-state index is -0.589. The van der Waals surface area contributed by atoms with Crippen LogP contribution in [0.2, 0.25) is 0 Å². The van der Waals surface area contributed by atoms with E-state index in [0.29, 0.717) is 0 Å². The number of aromatic amines is 1. The molecule has 0 spiro atoms. The molecule has 1 saturated heterocycles. The Balaban J connectivity index is 1.36. The SMILES string of the molecule is COc1ccc(COC(=O)C2=CC(CCSCc3cn[nH]n3)S[C@@H]3[C@H](N)C(=O)N23)cc1. The molecule has 3 atom stereocenters. The quantitative estimate of drug-likeness (QED) is 0.326. The van der Waals surface area contributed by atoms with Crippen molar-refractivity contribution in [1.29, 1.82) is 0 Å². The molecule has 2 aliphatic rings. The van der Waals surface area contributed by atoms with Crippen LogP contribution in [0.5, 0.6) is 5.75 Å². The summed E-state index contributed by atoms with van der Waals surface area (Å²) in [7, 11) is 1.59. The lowest BCUT2D eigenvalue weighted by molar-refractivity contribution is -0.151. The second-order valence-electron chi connectivity index (χ2n) is 7.08. The molecule has 4 rings (SSSR count). The maximum Gasteiger partial charge on any atom is 0.355 e. The average Bonchev–Trinajstić information content (AvgIpc) is 3.33. The molecule has 2 aromatic rings. The molecule has 2 aliphatic heterocycles. The zero-order chi connectivity index (χ0) is 21.8. The number of benzene rings is 1. The lowest BCUT2D eigenvalue weighted by Gasteiger charge is -2.48. The molecule has 1 unspecified atom stereocenters. The normalized spacial score (nSPS) is 22.4. The maximum atomic E-state index is 12.8. The molecule has 1 aromatic carbocycles. The number of ether oxygens (including phenoxy) is 2. The summed E-state index contributed by atoms with van der Waals surface area (Å²) in [6.45, 7) is 0.115. The van der Waals surface area contributed by atoms with Crippen LogP contribution in [0, 0.1) is 0 Å². The van der Waals surface area contributed by atoms with Gasteiger partial charge in [-0.25, -0.2) is 4.79 Å². The van der Waals surface area contributed by atoms with Crippen molar-refractivity contribution in [2.45, 2.75) is 35.4 Å². The zero-order valence-electron chi connectivity index (χ0n) is 16.9. The van der Waals surface area contributed by atoms with E-state index < -0.39 is 12.0 Å². The van der Waals surface area contributed by atoms with Crippen LogP contribution >= 0.6 is 23.5 Å². The van der Waals surface area contributed by atoms with Crippen molar-refractivity contribution in [2.24, 2.45) is 5.73 Å². The number of nitrogens with zero attached hydrogens (tertiary/aromatic N) is 3. The van der Waals surface area contributed by atoms with Gasteiger partial charge in [0.05, 0.1) is 19.0 Å². The van der Waals surface area contributed by atoms with Crippen molar-refractivity contribution in [1.82, 2.24) is 20.3 Å². The van der Waals surface area contributed by atoms with E-state index in [4.69, 9.17) is 15.2 Å². The molecular formula is C20H23N5O4S2. The Bertz CT molecular complexity index is 951. The molecule has 11 heteroatoms. The molecule has 9 nitrogen and oxygen atoms in total. The van der Waals surface area contributed by atoms with Crippen LogP contribution in [0.4, 0.5) is 0 Å². The molecule has 0 bridgehead atoms. The second-order valence-corrected chi connectivity index (χ2v) is 9.54. The summed E-state index contributed by atoms with van der Waals surface area (Å²) in [6.07, 6.45) is 4.38. The Morgan fingerprint density at radius 3 is 2.87 bits per heavy atom. The molecule has 0 aliphatic carbocycles. The first-order valence-corrected chi connectivity index (χ1v) is 11.8. The smallest absolute Gasteiger partial charge is 0.355 e. The highest BCUT2D eigenvalue weighted by molar-refractivity contribution is 8.01. The number of aromatic nitrogens is 3. The summed E-state index contributed by atoms with van der Waals surface area (Å²) >= 11 is 3.36. The minimum absolute atomic E-state index is 0.0775. The third-order valence-corrected chi connectivity index (χ3v) is 7.53. The van der Waals surface area contributed by atoms with E-state index in [9.17, 15) is 9.59 Å². The predicted molar refractivity (Wildman–Crippen MR) is 118 cm³/mol. The fourth-order valence-corrected chi connectivity index (χ4v) is 5.80. The number of rotatable bonds is 9. The van der Waals surface area contributed by atoms with Crippen LogP contribution in [0.1, 0.15) is 17.7 Å². The highest BCUT2D eigenvalue weighted by Crippen LogP contribution is 2.41. The lowest BCUT2D eigenvalue weighted by Crippen LogP contribution is -2.68. The molecule has 0 radical (unpaired) electrons. The Kier molecular flexibility index (Phi) is 6.83. The number of hydrogen-bond donors (Lipinski definition) is 2. The summed E-state index contributed by atoms with van der Waals surface area (Å²) < 4.78 is 10.6. The predicted octanol–water partition coefficient (Wildman–Crippen LogP) is 1.67. The van der Waals surface area contributed by atoms with Gasteiger partial charge in [-0.2, -0.15) is 27.2 Å². The maximum absolute atomic E-state index is 12.8. The van der Waals surface area contributed by atoms with Gasteiger partial charge in [0, 0.05) is 11.0 Å². The van der Waals surface area contributed by atoms with Crippen LogP contribution in [-0.4, -0.2) is 61.7 Å². The number of fused-ring (bicyclic) bond motifs is 1. The van der Waals surface area contributed by atoms with Gasteiger partial charge in [0.2, 0.25) is 5.91 Å². The first-order chi connectivity index (χ1) is 15.1. The molecule has 1 aromatic heterocycles. The van der Waals surface area contributed by atoms with Gasteiger partial charge >= 0.3 is 5.97 Å². The van der Waals surface area contributed by atoms with E-state index in [1.54, 1.807) is 49.0 Å². The van der Waals surface area contributed by atoms with Gasteiger partial charge in [-0.1, -0.05) is 12.1 Å². The fourth-order valence-electron chi connectivity index (χ4n) is 3.30. The number of β-lactam (4-membered cyclic amide) rings is 1. The first kappa shape index (κ1) is 21.7. The van der Waals surface area contributed by atoms with Crippen LogP contribution in [0.3, 0.4) is 0 Å². The van der Waals surface area contributed by atoms with E-state index in [1.165, 1.54) is 4.90 Å². The monoisotopic (exact) mass is 461 g/mol. The molecule has 1 fully saturated rings. The van der Waals surface area contributed by atoms with Gasteiger partial charge in [-0.3, -0.25) is 9.69 Å². The average molecular weight is 462 g/mol. The van der Waals surface area contributed by atoms with Crippen LogP contribution in [0.25, 0.3) is 0 Å². The van der Waals surface area contributed by atoms with E-state index in [-0.39, 0.29) is 28.8 Å². The third-order valence-electron chi connectivity index (χ3n) is 5.00. The number of carbonyl (C=O) groups is 2. The molecule has 164 valence electrons. The molecule has 3 heterocycles. The third kappa shape index (κ3) is 4.89. The summed E-state index contributed by atoms with van der Waals surface area (Å²) in [6, 6.07) is 6.69. The van der Waals surface area contributed by atoms with Crippen molar-refractivity contribution < 1.29 is 19.1 Å².